The third kappa shape index (κ3) is 2.98. The van der Waals surface area contributed by atoms with Gasteiger partial charge in [-0.3, -0.25) is 9.89 Å². The summed E-state index contributed by atoms with van der Waals surface area (Å²) in [7, 11) is 1.65. The monoisotopic (exact) mass is 393 g/mol. The number of methoxy groups -OCH3 is 1. The molecule has 0 bridgehead atoms. The van der Waals surface area contributed by atoms with E-state index in [2.05, 4.69) is 40.7 Å². The van der Waals surface area contributed by atoms with Gasteiger partial charge >= 0.3 is 0 Å². The maximum Gasteiger partial charge on any atom is 0.273 e. The van der Waals surface area contributed by atoms with Crippen molar-refractivity contribution in [1.82, 2.24) is 15.1 Å². The number of ether oxygens (including phenoxy) is 1. The number of carbonyl (C=O) groups is 1. The van der Waals surface area contributed by atoms with Crippen LogP contribution in [0, 0.1) is 0 Å². The number of carbonyl (C=O) groups excluding carboxylic acids is 1. The molecule has 0 radical (unpaired) electrons. The van der Waals surface area contributed by atoms with Crippen LogP contribution in [0.25, 0.3) is 11.3 Å². The van der Waals surface area contributed by atoms with Gasteiger partial charge < -0.3 is 9.64 Å². The van der Waals surface area contributed by atoms with Gasteiger partial charge in [-0.25, -0.2) is 0 Å². The molecular formula is C22H23N3O2S. The number of rotatable bonds is 5. The van der Waals surface area contributed by atoms with Crippen LogP contribution < -0.4 is 4.74 Å². The molecule has 0 aliphatic carbocycles. The summed E-state index contributed by atoms with van der Waals surface area (Å²) < 4.78 is 5.26. The summed E-state index contributed by atoms with van der Waals surface area (Å²) in [6, 6.07) is 16.1. The van der Waals surface area contributed by atoms with E-state index >= 15 is 0 Å². The summed E-state index contributed by atoms with van der Waals surface area (Å²) in [4.78, 5) is 16.3. The Bertz CT molecular complexity index is 994. The molecule has 6 heteroatoms. The molecule has 3 aromatic rings. The second-order valence-corrected chi connectivity index (χ2v) is 7.95. The van der Waals surface area contributed by atoms with Crippen LogP contribution in [0.15, 0.2) is 53.4 Å². The lowest BCUT2D eigenvalue weighted by atomic mass is 9.95. The first-order chi connectivity index (χ1) is 13.5. The van der Waals surface area contributed by atoms with Crippen LogP contribution in [0.5, 0.6) is 5.75 Å². The van der Waals surface area contributed by atoms with Crippen molar-refractivity contribution in [1.29, 1.82) is 0 Å². The van der Waals surface area contributed by atoms with E-state index in [0.717, 1.165) is 28.1 Å². The first-order valence-electron chi connectivity index (χ1n) is 9.24. The van der Waals surface area contributed by atoms with E-state index in [1.807, 2.05) is 43.0 Å². The molecule has 0 saturated carbocycles. The van der Waals surface area contributed by atoms with Gasteiger partial charge in [0.05, 0.1) is 18.8 Å². The summed E-state index contributed by atoms with van der Waals surface area (Å²) in [5.41, 5.74) is 4.39. The Morgan fingerprint density at radius 2 is 1.79 bits per heavy atom. The maximum absolute atomic E-state index is 13.1. The molecule has 0 spiro atoms. The third-order valence-electron chi connectivity index (χ3n) is 5.16. The lowest BCUT2D eigenvalue weighted by Gasteiger charge is -2.30. The molecule has 1 aliphatic rings. The van der Waals surface area contributed by atoms with Gasteiger partial charge in [-0.1, -0.05) is 12.1 Å². The second-order valence-electron chi connectivity index (χ2n) is 7.07. The predicted molar refractivity (Wildman–Crippen MR) is 112 cm³/mol. The summed E-state index contributed by atoms with van der Waals surface area (Å²) in [5.74, 6) is 0.788. The number of aromatic amines is 1. The Morgan fingerprint density at radius 1 is 1.11 bits per heavy atom. The third-order valence-corrected chi connectivity index (χ3v) is 5.90. The molecule has 1 amide bonds. The molecule has 2 aromatic carbocycles. The second kappa shape index (κ2) is 7.36. The largest absolute Gasteiger partial charge is 0.497 e. The van der Waals surface area contributed by atoms with Crippen LogP contribution in [0.4, 0.5) is 0 Å². The average Bonchev–Trinajstić information content (AvgIpc) is 3.27. The Kier molecular flexibility index (Phi) is 4.89. The van der Waals surface area contributed by atoms with Gasteiger partial charge in [0.1, 0.15) is 11.4 Å². The molecule has 1 aromatic heterocycles. The van der Waals surface area contributed by atoms with E-state index in [4.69, 9.17) is 4.74 Å². The van der Waals surface area contributed by atoms with E-state index in [0.29, 0.717) is 5.69 Å². The quantitative estimate of drug-likeness (QED) is 0.635. The Hall–Kier alpha value is -2.73. The minimum Gasteiger partial charge on any atom is -0.497 e. The summed E-state index contributed by atoms with van der Waals surface area (Å²) >= 11 is 1.71. The number of nitrogens with one attached hydrogen (secondary N) is 1. The van der Waals surface area contributed by atoms with Crippen LogP contribution in [0.2, 0.25) is 0 Å². The Balaban J connectivity index is 1.85. The molecule has 1 aliphatic heterocycles. The van der Waals surface area contributed by atoms with Gasteiger partial charge in [0, 0.05) is 22.1 Å². The summed E-state index contributed by atoms with van der Waals surface area (Å²) in [5, 5.41) is 7.49. The van der Waals surface area contributed by atoms with E-state index in [1.165, 1.54) is 4.90 Å². The number of H-pyrrole nitrogens is 1. The molecule has 1 atom stereocenters. The van der Waals surface area contributed by atoms with Gasteiger partial charge in [0.25, 0.3) is 5.91 Å². The fraction of sp³-hybridized carbons (Fsp3) is 0.273. The predicted octanol–water partition coefficient (Wildman–Crippen LogP) is 4.76. The zero-order valence-corrected chi connectivity index (χ0v) is 17.2. The van der Waals surface area contributed by atoms with Crippen molar-refractivity contribution >= 4 is 17.7 Å². The SMILES string of the molecule is COc1ccc(-c2n[nH]c3c2C(c2ccc(SC)cc2)N(C(C)C)C3=O)cc1. The van der Waals surface area contributed by atoms with Gasteiger partial charge in [0.2, 0.25) is 0 Å². The van der Waals surface area contributed by atoms with Crippen LogP contribution in [-0.4, -0.2) is 40.4 Å². The number of aromatic nitrogens is 2. The van der Waals surface area contributed by atoms with Crippen molar-refractivity contribution in [3.8, 4) is 17.0 Å². The van der Waals surface area contributed by atoms with Crippen molar-refractivity contribution in [2.45, 2.75) is 30.8 Å². The molecule has 4 rings (SSSR count). The number of amides is 1. The minimum absolute atomic E-state index is 0.00351. The molecule has 1 N–H and O–H groups in total. The van der Waals surface area contributed by atoms with Crippen LogP contribution >= 0.6 is 11.8 Å². The van der Waals surface area contributed by atoms with Crippen LogP contribution in [-0.2, 0) is 0 Å². The molecular weight excluding hydrogens is 370 g/mol. The number of hydrogen-bond acceptors (Lipinski definition) is 4. The van der Waals surface area contributed by atoms with Crippen molar-refractivity contribution in [3.63, 3.8) is 0 Å². The topological polar surface area (TPSA) is 58.2 Å². The maximum atomic E-state index is 13.1. The number of nitrogens with zero attached hydrogens (tertiary/aromatic N) is 2. The van der Waals surface area contributed by atoms with Crippen molar-refractivity contribution < 1.29 is 9.53 Å². The summed E-state index contributed by atoms with van der Waals surface area (Å²) in [6.07, 6.45) is 2.06. The number of thioether (sulfide) groups is 1. The molecule has 0 saturated heterocycles. The number of benzene rings is 2. The van der Waals surface area contributed by atoms with Gasteiger partial charge in [0.15, 0.2) is 0 Å². The normalized spacial score (nSPS) is 16.0. The highest BCUT2D eigenvalue weighted by molar-refractivity contribution is 7.98. The first-order valence-corrected chi connectivity index (χ1v) is 10.5. The van der Waals surface area contributed by atoms with Gasteiger partial charge in [-0.15, -0.1) is 11.8 Å². The highest BCUT2D eigenvalue weighted by Gasteiger charge is 2.43. The molecule has 28 heavy (non-hydrogen) atoms. The molecule has 2 heterocycles. The van der Waals surface area contributed by atoms with E-state index in [1.54, 1.807) is 18.9 Å². The van der Waals surface area contributed by atoms with Crippen LogP contribution in [0.1, 0.15) is 41.5 Å². The Morgan fingerprint density at radius 3 is 2.36 bits per heavy atom. The smallest absolute Gasteiger partial charge is 0.273 e. The molecule has 1 unspecified atom stereocenters. The molecule has 0 fully saturated rings. The fourth-order valence-corrected chi connectivity index (χ4v) is 4.19. The van der Waals surface area contributed by atoms with E-state index < -0.39 is 0 Å². The molecule has 5 nitrogen and oxygen atoms in total. The molecule has 144 valence electrons. The summed E-state index contributed by atoms with van der Waals surface area (Å²) in [6.45, 7) is 4.10. The number of fused-ring (bicyclic) bond motifs is 1. The lowest BCUT2D eigenvalue weighted by Crippen LogP contribution is -2.35. The highest BCUT2D eigenvalue weighted by Crippen LogP contribution is 2.44. The fourth-order valence-electron chi connectivity index (χ4n) is 3.78. The lowest BCUT2D eigenvalue weighted by molar-refractivity contribution is 0.0688. The first kappa shape index (κ1) is 18.6. The zero-order chi connectivity index (χ0) is 19.8. The van der Waals surface area contributed by atoms with Crippen molar-refractivity contribution in [2.24, 2.45) is 0 Å². The average molecular weight is 394 g/mol. The minimum atomic E-state index is -0.158. The van der Waals surface area contributed by atoms with E-state index in [9.17, 15) is 4.79 Å². The standard InChI is InChI=1S/C22H23N3O2S/c1-13(2)25-21(15-7-11-17(28-4)12-8-15)18-19(23-24-20(18)22(25)26)14-5-9-16(27-3)10-6-14/h5-13,21H,1-4H3,(H,23,24). The van der Waals surface area contributed by atoms with Crippen molar-refractivity contribution in [2.75, 3.05) is 13.4 Å². The highest BCUT2D eigenvalue weighted by atomic mass is 32.2. The number of hydrogen-bond donors (Lipinski definition) is 1. The Labute approximate surface area is 169 Å². The van der Waals surface area contributed by atoms with Gasteiger partial charge in [-0.2, -0.15) is 5.10 Å². The van der Waals surface area contributed by atoms with Crippen molar-refractivity contribution in [3.05, 3.63) is 65.4 Å². The van der Waals surface area contributed by atoms with Gasteiger partial charge in [-0.05, 0) is 62.1 Å². The van der Waals surface area contributed by atoms with Crippen LogP contribution in [0.3, 0.4) is 0 Å². The van der Waals surface area contributed by atoms with E-state index in [-0.39, 0.29) is 18.0 Å². The zero-order valence-electron chi connectivity index (χ0n) is 16.4.